The molecule has 2 nitrogen and oxygen atoms in total. The molecule has 96 valence electrons. The molecule has 0 saturated carbocycles. The highest BCUT2D eigenvalue weighted by atomic mass is 79.9. The highest BCUT2D eigenvalue weighted by Crippen LogP contribution is 2.27. The molecular weight excluding hydrogens is 292 g/mol. The maximum atomic E-state index is 13.7. The van der Waals surface area contributed by atoms with Gasteiger partial charge in [-0.05, 0) is 32.0 Å². The predicted octanol–water partition coefficient (Wildman–Crippen LogP) is 3.41. The van der Waals surface area contributed by atoms with Gasteiger partial charge in [0.25, 0.3) is 0 Å². The first-order valence-corrected chi connectivity index (χ1v) is 6.20. The van der Waals surface area contributed by atoms with Crippen molar-refractivity contribution in [2.75, 3.05) is 20.8 Å². The van der Waals surface area contributed by atoms with Gasteiger partial charge in [0.1, 0.15) is 11.6 Å². The van der Waals surface area contributed by atoms with Gasteiger partial charge in [-0.1, -0.05) is 15.9 Å². The molecule has 0 radical (unpaired) electrons. The van der Waals surface area contributed by atoms with Crippen LogP contribution in [-0.2, 0) is 4.74 Å². The zero-order valence-electron chi connectivity index (χ0n) is 9.90. The Bertz CT molecular complexity index is 351. The van der Waals surface area contributed by atoms with Crippen LogP contribution in [0, 0.1) is 11.6 Å². The van der Waals surface area contributed by atoms with Crippen molar-refractivity contribution >= 4 is 15.9 Å². The quantitative estimate of drug-likeness (QED) is 0.813. The van der Waals surface area contributed by atoms with Crippen molar-refractivity contribution in [2.45, 2.75) is 18.9 Å². The zero-order chi connectivity index (χ0) is 12.8. The Hall–Kier alpha value is -0.520. The molecule has 0 aliphatic carbocycles. The van der Waals surface area contributed by atoms with Crippen molar-refractivity contribution in [2.24, 2.45) is 0 Å². The second-order valence-electron chi connectivity index (χ2n) is 3.76. The lowest BCUT2D eigenvalue weighted by atomic mass is 10.0. The minimum atomic E-state index is -0.534. The first-order chi connectivity index (χ1) is 8.10. The lowest BCUT2D eigenvalue weighted by molar-refractivity contribution is 0.188. The molecule has 0 amide bonds. The fourth-order valence-corrected chi connectivity index (χ4v) is 2.15. The molecule has 1 aromatic rings. The molecule has 0 aliphatic heterocycles. The molecule has 0 fully saturated rings. The standard InChI is InChI=1S/C12H16BrF2NO/c1-16-11(4-3-5-17-2)12-9(14)6-8(13)7-10(12)15/h6-7,11,16H,3-5H2,1-2H3. The van der Waals surface area contributed by atoms with E-state index in [0.29, 0.717) is 17.5 Å². The monoisotopic (exact) mass is 307 g/mol. The molecular formula is C12H16BrF2NO. The van der Waals surface area contributed by atoms with Gasteiger partial charge in [-0.2, -0.15) is 0 Å². The van der Waals surface area contributed by atoms with Crippen LogP contribution in [0.5, 0.6) is 0 Å². The Balaban J connectivity index is 2.87. The summed E-state index contributed by atoms with van der Waals surface area (Å²) < 4.78 is 32.8. The minimum Gasteiger partial charge on any atom is -0.385 e. The zero-order valence-corrected chi connectivity index (χ0v) is 11.5. The van der Waals surface area contributed by atoms with E-state index in [1.807, 2.05) is 0 Å². The van der Waals surface area contributed by atoms with Crippen LogP contribution in [0.15, 0.2) is 16.6 Å². The van der Waals surface area contributed by atoms with Crippen LogP contribution in [0.3, 0.4) is 0 Å². The van der Waals surface area contributed by atoms with Crippen molar-refractivity contribution in [1.29, 1.82) is 0 Å². The van der Waals surface area contributed by atoms with Crippen LogP contribution >= 0.6 is 15.9 Å². The summed E-state index contributed by atoms with van der Waals surface area (Å²) in [5.74, 6) is -1.07. The molecule has 0 aliphatic rings. The van der Waals surface area contributed by atoms with E-state index in [0.717, 1.165) is 6.42 Å². The van der Waals surface area contributed by atoms with Gasteiger partial charge in [0.15, 0.2) is 0 Å². The Morgan fingerprint density at radius 3 is 2.41 bits per heavy atom. The smallest absolute Gasteiger partial charge is 0.132 e. The molecule has 17 heavy (non-hydrogen) atoms. The van der Waals surface area contributed by atoms with Crippen molar-refractivity contribution in [3.63, 3.8) is 0 Å². The summed E-state index contributed by atoms with van der Waals surface area (Å²) in [6.45, 7) is 0.581. The Morgan fingerprint density at radius 1 is 1.35 bits per heavy atom. The minimum absolute atomic E-state index is 0.0896. The average molecular weight is 308 g/mol. The van der Waals surface area contributed by atoms with Gasteiger partial charge >= 0.3 is 0 Å². The highest BCUT2D eigenvalue weighted by Gasteiger charge is 2.19. The van der Waals surface area contributed by atoms with Crippen LogP contribution < -0.4 is 5.32 Å². The highest BCUT2D eigenvalue weighted by molar-refractivity contribution is 9.10. The van der Waals surface area contributed by atoms with E-state index in [4.69, 9.17) is 4.74 Å². The largest absolute Gasteiger partial charge is 0.385 e. The number of halogens is 3. The predicted molar refractivity (Wildman–Crippen MR) is 67.0 cm³/mol. The van der Waals surface area contributed by atoms with Crippen molar-refractivity contribution in [3.8, 4) is 0 Å². The maximum absolute atomic E-state index is 13.7. The lowest BCUT2D eigenvalue weighted by Gasteiger charge is -2.18. The summed E-state index contributed by atoms with van der Waals surface area (Å²) in [5, 5.41) is 2.93. The van der Waals surface area contributed by atoms with Gasteiger partial charge in [-0.25, -0.2) is 8.78 Å². The van der Waals surface area contributed by atoms with Gasteiger partial charge in [0.05, 0.1) is 0 Å². The fourth-order valence-electron chi connectivity index (χ4n) is 1.75. The van der Waals surface area contributed by atoms with Gasteiger partial charge in [0, 0.05) is 29.8 Å². The number of hydrogen-bond acceptors (Lipinski definition) is 2. The lowest BCUT2D eigenvalue weighted by Crippen LogP contribution is -2.19. The molecule has 0 heterocycles. The second kappa shape index (κ2) is 7.03. The number of rotatable bonds is 6. The fraction of sp³-hybridized carbons (Fsp3) is 0.500. The topological polar surface area (TPSA) is 21.3 Å². The van der Waals surface area contributed by atoms with E-state index in [1.54, 1.807) is 14.2 Å². The van der Waals surface area contributed by atoms with E-state index < -0.39 is 11.6 Å². The Labute approximate surface area is 108 Å². The van der Waals surface area contributed by atoms with Gasteiger partial charge in [-0.3, -0.25) is 0 Å². The van der Waals surface area contributed by atoms with E-state index in [2.05, 4.69) is 21.2 Å². The van der Waals surface area contributed by atoms with Gasteiger partial charge < -0.3 is 10.1 Å². The molecule has 0 aromatic heterocycles. The summed E-state index contributed by atoms with van der Waals surface area (Å²) in [7, 11) is 3.30. The summed E-state index contributed by atoms with van der Waals surface area (Å²) in [6.07, 6.45) is 1.37. The van der Waals surface area contributed by atoms with Crippen LogP contribution in [0.25, 0.3) is 0 Å². The van der Waals surface area contributed by atoms with Crippen LogP contribution in [0.1, 0.15) is 24.4 Å². The molecule has 0 spiro atoms. The average Bonchev–Trinajstić information content (AvgIpc) is 2.25. The molecule has 5 heteroatoms. The van der Waals surface area contributed by atoms with Crippen LogP contribution in [0.4, 0.5) is 8.78 Å². The molecule has 1 aromatic carbocycles. The van der Waals surface area contributed by atoms with Crippen molar-refractivity contribution in [3.05, 3.63) is 33.8 Å². The van der Waals surface area contributed by atoms with Crippen LogP contribution in [0.2, 0.25) is 0 Å². The van der Waals surface area contributed by atoms with E-state index >= 15 is 0 Å². The molecule has 1 N–H and O–H groups in total. The summed E-state index contributed by atoms with van der Waals surface area (Å²) >= 11 is 3.06. The first-order valence-electron chi connectivity index (χ1n) is 5.40. The maximum Gasteiger partial charge on any atom is 0.132 e. The van der Waals surface area contributed by atoms with E-state index in [-0.39, 0.29) is 11.6 Å². The SMILES string of the molecule is CNC(CCCOC)c1c(F)cc(Br)cc1F. The van der Waals surface area contributed by atoms with E-state index in [9.17, 15) is 8.78 Å². The third kappa shape index (κ3) is 4.01. The Kier molecular flexibility index (Phi) is 6.02. The normalized spacial score (nSPS) is 12.8. The third-order valence-electron chi connectivity index (χ3n) is 2.58. The second-order valence-corrected chi connectivity index (χ2v) is 4.68. The molecule has 1 rings (SSSR count). The first kappa shape index (κ1) is 14.5. The molecule has 0 bridgehead atoms. The molecule has 0 saturated heterocycles. The third-order valence-corrected chi connectivity index (χ3v) is 3.04. The Morgan fingerprint density at radius 2 is 1.94 bits per heavy atom. The van der Waals surface area contributed by atoms with Crippen molar-refractivity contribution < 1.29 is 13.5 Å². The summed E-state index contributed by atoms with van der Waals surface area (Å²) in [5.41, 5.74) is 0.0896. The van der Waals surface area contributed by atoms with E-state index in [1.165, 1.54) is 12.1 Å². The number of benzene rings is 1. The number of nitrogens with one attached hydrogen (secondary N) is 1. The number of ether oxygens (including phenoxy) is 1. The number of methoxy groups -OCH3 is 1. The number of hydrogen-bond donors (Lipinski definition) is 1. The van der Waals surface area contributed by atoms with Gasteiger partial charge in [-0.15, -0.1) is 0 Å². The molecule has 1 unspecified atom stereocenters. The summed E-state index contributed by atoms with van der Waals surface area (Å²) in [6, 6.07) is 2.22. The van der Waals surface area contributed by atoms with Crippen LogP contribution in [-0.4, -0.2) is 20.8 Å². The molecule has 1 atom stereocenters. The van der Waals surface area contributed by atoms with Gasteiger partial charge in [0.2, 0.25) is 0 Å². The van der Waals surface area contributed by atoms with Crippen molar-refractivity contribution in [1.82, 2.24) is 5.32 Å². The summed E-state index contributed by atoms with van der Waals surface area (Å²) in [4.78, 5) is 0.